The van der Waals surface area contributed by atoms with Crippen molar-refractivity contribution in [3.8, 4) is 0 Å². The van der Waals surface area contributed by atoms with Crippen molar-refractivity contribution in [3.05, 3.63) is 104 Å². The van der Waals surface area contributed by atoms with Gasteiger partial charge in [-0.15, -0.1) is 6.58 Å². The molecule has 0 radical (unpaired) electrons. The van der Waals surface area contributed by atoms with E-state index >= 15 is 0 Å². The molecule has 0 bridgehead atoms. The van der Waals surface area contributed by atoms with Crippen LogP contribution in [0.4, 0.5) is 0 Å². The normalized spacial score (nSPS) is 14.6. The fourth-order valence-electron chi connectivity index (χ4n) is 6.02. The van der Waals surface area contributed by atoms with Crippen LogP contribution in [0.2, 0.25) is 19.6 Å². The largest absolute Gasteiger partial charge is 0.414 e. The first-order valence-electron chi connectivity index (χ1n) is 14.2. The molecule has 0 aromatic heterocycles. The summed E-state index contributed by atoms with van der Waals surface area (Å²) in [7, 11) is -3.77. The van der Waals surface area contributed by atoms with Crippen LogP contribution in [-0.2, 0) is 4.43 Å². The Morgan fingerprint density at radius 3 is 1.57 bits per heavy atom. The van der Waals surface area contributed by atoms with Crippen molar-refractivity contribution in [1.82, 2.24) is 0 Å². The quantitative estimate of drug-likeness (QED) is 0.0824. The minimum Gasteiger partial charge on any atom is -0.414 e. The molecule has 3 atom stereocenters. The Morgan fingerprint density at radius 2 is 1.22 bits per heavy atom. The van der Waals surface area contributed by atoms with Gasteiger partial charge in [-0.2, -0.15) is 0 Å². The van der Waals surface area contributed by atoms with E-state index in [1.54, 1.807) is 0 Å². The highest BCUT2D eigenvalue weighted by Crippen LogP contribution is 2.64. The number of rotatable bonds is 15. The van der Waals surface area contributed by atoms with Gasteiger partial charge in [-0.25, -0.2) is 0 Å². The first-order valence-corrected chi connectivity index (χ1v) is 19.5. The van der Waals surface area contributed by atoms with E-state index in [4.69, 9.17) is 4.43 Å². The van der Waals surface area contributed by atoms with Crippen LogP contribution in [0.3, 0.4) is 0 Å². The van der Waals surface area contributed by atoms with Crippen LogP contribution in [0, 0.1) is 5.92 Å². The molecule has 0 saturated carbocycles. The molecule has 3 unspecified atom stereocenters. The average molecular weight is 532 g/mol. The van der Waals surface area contributed by atoms with Crippen molar-refractivity contribution in [2.45, 2.75) is 83.8 Å². The molecule has 37 heavy (non-hydrogen) atoms. The molecule has 3 heteroatoms. The van der Waals surface area contributed by atoms with Crippen LogP contribution in [-0.4, -0.2) is 20.1 Å². The summed E-state index contributed by atoms with van der Waals surface area (Å²) in [5.41, 5.74) is 0.484. The van der Waals surface area contributed by atoms with Crippen LogP contribution in [0.5, 0.6) is 0 Å². The highest BCUT2D eigenvalue weighted by Gasteiger charge is 2.55. The Hall–Kier alpha value is -1.99. The molecule has 3 aromatic rings. The minimum atomic E-state index is -2.02. The Bertz CT molecular complexity index is 949. The molecule has 0 spiro atoms. The summed E-state index contributed by atoms with van der Waals surface area (Å²) in [6, 6.07) is 34.3. The second-order valence-corrected chi connectivity index (χ2v) is 19.3. The Kier molecular flexibility index (Phi) is 11.4. The molecule has 0 amide bonds. The molecule has 3 rings (SSSR count). The zero-order valence-corrected chi connectivity index (χ0v) is 25.7. The summed E-state index contributed by atoms with van der Waals surface area (Å²) >= 11 is 0. The van der Waals surface area contributed by atoms with Gasteiger partial charge in [0, 0.05) is 5.92 Å². The number of hydrogen-bond acceptors (Lipinski definition) is 1. The molecular weight excluding hydrogens is 483 g/mol. The smallest absolute Gasteiger partial charge is 0.184 e. The van der Waals surface area contributed by atoms with Gasteiger partial charge in [0.15, 0.2) is 8.32 Å². The van der Waals surface area contributed by atoms with Gasteiger partial charge in [-0.1, -0.05) is 87.4 Å². The molecule has 0 N–H and O–H groups in total. The highest BCUT2D eigenvalue weighted by molar-refractivity contribution is 7.96. The molecule has 3 aromatic carbocycles. The van der Waals surface area contributed by atoms with Gasteiger partial charge in [0.25, 0.3) is 0 Å². The van der Waals surface area contributed by atoms with E-state index in [1.807, 2.05) is 0 Å². The molecular formula is C34H48OPSi+. The summed E-state index contributed by atoms with van der Waals surface area (Å²) in [4.78, 5) is 0. The lowest BCUT2D eigenvalue weighted by Gasteiger charge is -2.42. The van der Waals surface area contributed by atoms with Gasteiger partial charge in [0.05, 0.1) is 11.8 Å². The van der Waals surface area contributed by atoms with Crippen molar-refractivity contribution in [1.29, 1.82) is 0 Å². The molecule has 198 valence electrons. The summed E-state index contributed by atoms with van der Waals surface area (Å²) in [6.45, 7) is 15.9. The van der Waals surface area contributed by atoms with Crippen molar-refractivity contribution in [3.63, 3.8) is 0 Å². The third-order valence-corrected chi connectivity index (χ3v) is 13.4. The zero-order chi connectivity index (χ0) is 26.7. The van der Waals surface area contributed by atoms with Gasteiger partial charge >= 0.3 is 0 Å². The summed E-state index contributed by atoms with van der Waals surface area (Å²) < 4.78 is 7.01. The van der Waals surface area contributed by atoms with Crippen molar-refractivity contribution in [2.24, 2.45) is 5.92 Å². The lowest BCUT2D eigenvalue weighted by molar-refractivity contribution is 0.120. The van der Waals surface area contributed by atoms with E-state index in [2.05, 4.69) is 137 Å². The molecule has 0 saturated heterocycles. The van der Waals surface area contributed by atoms with Gasteiger partial charge in [0.1, 0.15) is 23.2 Å². The Balaban J connectivity index is 2.36. The maximum Gasteiger partial charge on any atom is 0.184 e. The first kappa shape index (κ1) is 29.6. The average Bonchev–Trinajstić information content (AvgIpc) is 2.90. The predicted octanol–water partition coefficient (Wildman–Crippen LogP) is 8.75. The van der Waals surface area contributed by atoms with Gasteiger partial charge < -0.3 is 4.43 Å². The first-order chi connectivity index (χ1) is 17.9. The Morgan fingerprint density at radius 1 is 0.757 bits per heavy atom. The third-order valence-electron chi connectivity index (χ3n) is 7.44. The monoisotopic (exact) mass is 531 g/mol. The summed E-state index contributed by atoms with van der Waals surface area (Å²) in [6.07, 6.45) is 9.26. The second-order valence-electron chi connectivity index (χ2n) is 11.2. The lowest BCUT2D eigenvalue weighted by Crippen LogP contribution is -2.47. The molecule has 1 nitrogen and oxygen atoms in total. The maximum atomic E-state index is 7.01. The van der Waals surface area contributed by atoms with Crippen LogP contribution in [0.25, 0.3) is 0 Å². The second kappa shape index (κ2) is 14.2. The predicted molar refractivity (Wildman–Crippen MR) is 170 cm³/mol. The third kappa shape index (κ3) is 7.32. The number of unbranched alkanes of at least 4 members (excludes halogenated alkanes) is 2. The Labute approximate surface area is 228 Å². The summed E-state index contributed by atoms with van der Waals surface area (Å²) in [5, 5.41) is 4.45. The molecule has 0 heterocycles. The number of benzene rings is 3. The van der Waals surface area contributed by atoms with Gasteiger partial charge in [-0.3, -0.25) is 0 Å². The zero-order valence-electron chi connectivity index (χ0n) is 23.8. The standard InChI is InChI=1S/C34H48OPSi/c1-7-10-14-28-34(32(9-3)33(21-8-2)35-37(4,5)6)36(29-22-15-11-16-23-29,30-24-17-12-18-25-30)31-26-19-13-20-27-31/h8,11-13,15-20,22-27,32-34H,2,7,9-10,14,21,28H2,1,3-6H3/q+1. The van der Waals surface area contributed by atoms with Crippen LogP contribution >= 0.6 is 7.26 Å². The van der Waals surface area contributed by atoms with Gasteiger partial charge in [-0.05, 0) is 81.7 Å². The van der Waals surface area contributed by atoms with Crippen LogP contribution < -0.4 is 15.9 Å². The molecule has 0 aliphatic heterocycles. The maximum absolute atomic E-state index is 7.01. The van der Waals surface area contributed by atoms with Crippen molar-refractivity contribution < 1.29 is 4.43 Å². The fraction of sp³-hybridized carbons (Fsp3) is 0.412. The van der Waals surface area contributed by atoms with Gasteiger partial charge in [0.2, 0.25) is 0 Å². The van der Waals surface area contributed by atoms with Crippen LogP contribution in [0.1, 0.15) is 52.4 Å². The summed E-state index contributed by atoms with van der Waals surface area (Å²) in [5.74, 6) is 0.440. The molecule has 0 aliphatic carbocycles. The fourth-order valence-corrected chi connectivity index (χ4v) is 12.7. The van der Waals surface area contributed by atoms with Crippen molar-refractivity contribution in [2.75, 3.05) is 0 Å². The SMILES string of the molecule is C=CCC(O[Si](C)(C)C)C(CC)C(CCCCC)[P+](c1ccccc1)(c1ccccc1)c1ccccc1. The molecule has 0 aliphatic rings. The van der Waals surface area contributed by atoms with Crippen LogP contribution in [0.15, 0.2) is 104 Å². The van der Waals surface area contributed by atoms with E-state index in [9.17, 15) is 0 Å². The topological polar surface area (TPSA) is 9.23 Å². The van der Waals surface area contributed by atoms with E-state index in [0.717, 1.165) is 12.8 Å². The number of hydrogen-bond donors (Lipinski definition) is 0. The van der Waals surface area contributed by atoms with E-state index in [-0.39, 0.29) is 6.10 Å². The van der Waals surface area contributed by atoms with E-state index < -0.39 is 15.6 Å². The van der Waals surface area contributed by atoms with Crippen molar-refractivity contribution >= 4 is 31.5 Å². The molecule has 0 fully saturated rings. The highest BCUT2D eigenvalue weighted by atomic mass is 31.2. The van der Waals surface area contributed by atoms with E-state index in [1.165, 1.54) is 41.6 Å². The lowest BCUT2D eigenvalue weighted by atomic mass is 9.90. The minimum absolute atomic E-state index is 0.191. The van der Waals surface area contributed by atoms with E-state index in [0.29, 0.717) is 11.6 Å².